The van der Waals surface area contributed by atoms with E-state index < -0.39 is 0 Å². The van der Waals surface area contributed by atoms with E-state index >= 15 is 0 Å². The summed E-state index contributed by atoms with van der Waals surface area (Å²) in [7, 11) is 3.17. The molecule has 182 valence electrons. The maximum Gasteiger partial charge on any atom is 0.255 e. The van der Waals surface area contributed by atoms with E-state index in [9.17, 15) is 9.59 Å². The van der Waals surface area contributed by atoms with E-state index in [1.807, 2.05) is 0 Å². The summed E-state index contributed by atoms with van der Waals surface area (Å²) in [5.74, 6) is 0.00436. The zero-order valence-corrected chi connectivity index (χ0v) is 20.0. The van der Waals surface area contributed by atoms with Crippen LogP contribution < -0.4 is 32.7 Å². The number of aliphatic imine (C=N–C) groups is 2. The van der Waals surface area contributed by atoms with Gasteiger partial charge in [0.05, 0.1) is 0 Å². The Labute approximate surface area is 209 Å². The average Bonchev–Trinajstić information content (AvgIpc) is 2.86. The number of anilines is 4. The fourth-order valence-electron chi connectivity index (χ4n) is 2.86. The molecular formula is C24H27ClN8O2. The molecule has 0 unspecified atom stereocenters. The highest BCUT2D eigenvalue weighted by molar-refractivity contribution is 6.07. The van der Waals surface area contributed by atoms with Crippen molar-refractivity contribution in [1.82, 2.24) is 0 Å². The van der Waals surface area contributed by atoms with Crippen LogP contribution in [0.4, 0.5) is 22.7 Å². The van der Waals surface area contributed by atoms with Gasteiger partial charge >= 0.3 is 0 Å². The Morgan fingerprint density at radius 1 is 0.543 bits per heavy atom. The SMILES string of the molecule is CN=C(N)Nc1ccc(NC(=O)c2ccc(C(=O)Nc3ccc(NC(N)=NC)cc3)cc2)cc1.Cl. The third kappa shape index (κ3) is 7.76. The largest absolute Gasteiger partial charge is 0.370 e. The van der Waals surface area contributed by atoms with Gasteiger partial charge in [0, 0.05) is 48.0 Å². The zero-order valence-electron chi connectivity index (χ0n) is 19.2. The molecule has 0 atom stereocenters. The van der Waals surface area contributed by atoms with Crippen LogP contribution in [-0.2, 0) is 0 Å². The molecule has 3 aromatic rings. The first-order valence-corrected chi connectivity index (χ1v) is 10.3. The summed E-state index contributed by atoms with van der Waals surface area (Å²) < 4.78 is 0. The van der Waals surface area contributed by atoms with E-state index in [2.05, 4.69) is 31.3 Å². The lowest BCUT2D eigenvalue weighted by atomic mass is 10.1. The monoisotopic (exact) mass is 494 g/mol. The highest BCUT2D eigenvalue weighted by Crippen LogP contribution is 2.17. The van der Waals surface area contributed by atoms with E-state index in [-0.39, 0.29) is 24.2 Å². The lowest BCUT2D eigenvalue weighted by molar-refractivity contribution is 0.101. The number of nitrogens with one attached hydrogen (secondary N) is 4. The molecule has 0 saturated heterocycles. The lowest BCUT2D eigenvalue weighted by Crippen LogP contribution is -2.22. The van der Waals surface area contributed by atoms with E-state index in [0.717, 1.165) is 11.4 Å². The maximum atomic E-state index is 12.5. The van der Waals surface area contributed by atoms with E-state index in [1.54, 1.807) is 86.9 Å². The van der Waals surface area contributed by atoms with Crippen LogP contribution >= 0.6 is 12.4 Å². The third-order valence-electron chi connectivity index (χ3n) is 4.72. The molecule has 3 rings (SSSR count). The van der Waals surface area contributed by atoms with Gasteiger partial charge in [0.15, 0.2) is 11.9 Å². The molecule has 0 aliphatic rings. The van der Waals surface area contributed by atoms with Crippen molar-refractivity contribution in [2.24, 2.45) is 21.5 Å². The predicted molar refractivity (Wildman–Crippen MR) is 145 cm³/mol. The van der Waals surface area contributed by atoms with Gasteiger partial charge in [-0.1, -0.05) is 0 Å². The van der Waals surface area contributed by atoms with E-state index in [1.165, 1.54) is 0 Å². The van der Waals surface area contributed by atoms with Crippen molar-refractivity contribution in [3.8, 4) is 0 Å². The molecule has 0 fully saturated rings. The molecule has 2 amide bonds. The van der Waals surface area contributed by atoms with Gasteiger partial charge in [0.2, 0.25) is 0 Å². The van der Waals surface area contributed by atoms with Gasteiger partial charge in [-0.2, -0.15) is 0 Å². The quantitative estimate of drug-likeness (QED) is 0.228. The summed E-state index contributed by atoms with van der Waals surface area (Å²) >= 11 is 0. The molecule has 0 aliphatic carbocycles. The van der Waals surface area contributed by atoms with E-state index in [0.29, 0.717) is 34.4 Å². The minimum Gasteiger partial charge on any atom is -0.370 e. The zero-order chi connectivity index (χ0) is 24.5. The van der Waals surface area contributed by atoms with Crippen LogP contribution in [0.25, 0.3) is 0 Å². The van der Waals surface area contributed by atoms with E-state index in [4.69, 9.17) is 11.5 Å². The number of rotatable bonds is 6. The lowest BCUT2D eigenvalue weighted by Gasteiger charge is -2.09. The summed E-state index contributed by atoms with van der Waals surface area (Å²) in [6, 6.07) is 20.5. The summed E-state index contributed by atoms with van der Waals surface area (Å²) in [6.07, 6.45) is 0. The second-order valence-electron chi connectivity index (χ2n) is 7.11. The summed E-state index contributed by atoms with van der Waals surface area (Å²) in [5.41, 5.74) is 14.9. The summed E-state index contributed by atoms with van der Waals surface area (Å²) in [6.45, 7) is 0. The Morgan fingerprint density at radius 2 is 0.800 bits per heavy atom. The fraction of sp³-hybridized carbons (Fsp3) is 0.0833. The number of amides is 2. The molecule has 0 saturated carbocycles. The minimum absolute atomic E-state index is 0. The molecule has 0 spiro atoms. The molecule has 0 radical (unpaired) electrons. The van der Waals surface area contributed by atoms with Crippen molar-refractivity contribution in [2.45, 2.75) is 0 Å². The number of hydrogen-bond acceptors (Lipinski definition) is 4. The van der Waals surface area contributed by atoms with Crippen LogP contribution in [-0.4, -0.2) is 37.8 Å². The second kappa shape index (κ2) is 12.6. The Morgan fingerprint density at radius 3 is 1.06 bits per heavy atom. The predicted octanol–water partition coefficient (Wildman–Crippen LogP) is 3.33. The molecule has 35 heavy (non-hydrogen) atoms. The van der Waals surface area contributed by atoms with Crippen molar-refractivity contribution in [3.05, 3.63) is 83.9 Å². The second-order valence-corrected chi connectivity index (χ2v) is 7.11. The molecule has 3 aromatic carbocycles. The molecule has 0 bridgehead atoms. The van der Waals surface area contributed by atoms with Crippen LogP contribution in [0, 0.1) is 0 Å². The highest BCUT2D eigenvalue weighted by Gasteiger charge is 2.10. The van der Waals surface area contributed by atoms with Crippen LogP contribution in [0.3, 0.4) is 0 Å². The van der Waals surface area contributed by atoms with Gasteiger partial charge in [-0.15, -0.1) is 12.4 Å². The molecule has 8 N–H and O–H groups in total. The molecule has 0 heterocycles. The Hall–Kier alpha value is -4.57. The number of carbonyl (C=O) groups excluding carboxylic acids is 2. The number of nitrogens with zero attached hydrogens (tertiary/aromatic N) is 2. The van der Waals surface area contributed by atoms with Crippen LogP contribution in [0.5, 0.6) is 0 Å². The van der Waals surface area contributed by atoms with Gasteiger partial charge in [-0.25, -0.2) is 0 Å². The van der Waals surface area contributed by atoms with Gasteiger partial charge in [0.1, 0.15) is 0 Å². The molecule has 0 aliphatic heterocycles. The summed E-state index contributed by atoms with van der Waals surface area (Å²) in [4.78, 5) is 32.7. The van der Waals surface area contributed by atoms with Crippen molar-refractivity contribution < 1.29 is 9.59 Å². The van der Waals surface area contributed by atoms with Crippen LogP contribution in [0.1, 0.15) is 20.7 Å². The van der Waals surface area contributed by atoms with Crippen molar-refractivity contribution in [3.63, 3.8) is 0 Å². The van der Waals surface area contributed by atoms with Crippen molar-refractivity contribution in [2.75, 3.05) is 35.4 Å². The molecule has 11 heteroatoms. The number of hydrogen-bond donors (Lipinski definition) is 6. The first-order chi connectivity index (χ1) is 16.4. The Kier molecular flexibility index (Phi) is 9.61. The number of carbonyl (C=O) groups is 2. The minimum atomic E-state index is -0.291. The Bertz CT molecular complexity index is 1110. The number of guanidine groups is 2. The van der Waals surface area contributed by atoms with Gasteiger partial charge in [0.25, 0.3) is 11.8 Å². The Balaban J connectivity index is 0.00000432. The van der Waals surface area contributed by atoms with Crippen molar-refractivity contribution in [1.29, 1.82) is 0 Å². The number of nitrogens with two attached hydrogens (primary N) is 2. The van der Waals surface area contributed by atoms with Crippen LogP contribution in [0.15, 0.2) is 82.8 Å². The molecule has 0 aromatic heterocycles. The number of benzene rings is 3. The average molecular weight is 495 g/mol. The third-order valence-corrected chi connectivity index (χ3v) is 4.72. The number of halogens is 1. The van der Waals surface area contributed by atoms with Gasteiger partial charge < -0.3 is 32.7 Å². The fourth-order valence-corrected chi connectivity index (χ4v) is 2.86. The van der Waals surface area contributed by atoms with Crippen molar-refractivity contribution >= 4 is 58.9 Å². The first-order valence-electron chi connectivity index (χ1n) is 10.3. The normalized spacial score (nSPS) is 11.1. The molecule has 10 nitrogen and oxygen atoms in total. The molecular weight excluding hydrogens is 468 g/mol. The smallest absolute Gasteiger partial charge is 0.255 e. The standard InChI is InChI=1S/C24H26N8O2.ClH/c1-27-23(25)31-19-11-7-17(8-12-19)29-21(33)15-3-5-16(6-4-15)22(34)30-18-9-13-20(14-10-18)32-24(26)28-2;/h3-14H,1-2H3,(H,29,33)(H,30,34)(H3,25,27,31)(H3,26,28,32);1H. The van der Waals surface area contributed by atoms with Gasteiger partial charge in [-0.05, 0) is 72.8 Å². The maximum absolute atomic E-state index is 12.5. The summed E-state index contributed by atoms with van der Waals surface area (Å²) in [5, 5.41) is 11.5. The topological polar surface area (TPSA) is 159 Å². The highest BCUT2D eigenvalue weighted by atomic mass is 35.5. The van der Waals surface area contributed by atoms with Crippen LogP contribution in [0.2, 0.25) is 0 Å². The van der Waals surface area contributed by atoms with Gasteiger partial charge in [-0.3, -0.25) is 19.6 Å². The first kappa shape index (κ1) is 26.7.